The van der Waals surface area contributed by atoms with Crippen molar-refractivity contribution < 1.29 is 33.3 Å². The first-order chi connectivity index (χ1) is 19.0. The summed E-state index contributed by atoms with van der Waals surface area (Å²) in [5.74, 6) is -1.98. The van der Waals surface area contributed by atoms with Crippen molar-refractivity contribution in [3.63, 3.8) is 0 Å². The molecule has 14 nitrogen and oxygen atoms in total. The number of thioether (sulfide) groups is 1. The fraction of sp³-hybridized carbons (Fsp3) is 0.391. The van der Waals surface area contributed by atoms with Crippen LogP contribution in [0.3, 0.4) is 0 Å². The smallest absolute Gasteiger partial charge is 0.304 e. The Morgan fingerprint density at radius 1 is 1.23 bits per heavy atom. The average Bonchev–Trinajstić information content (AvgIpc) is 3.53. The van der Waals surface area contributed by atoms with E-state index in [1.165, 1.54) is 43.9 Å². The maximum Gasteiger partial charge on any atom is 0.304 e. The van der Waals surface area contributed by atoms with Gasteiger partial charge < -0.3 is 23.9 Å². The number of carbonyl (C=O) groups is 3. The molecule has 40 heavy (non-hydrogen) atoms. The van der Waals surface area contributed by atoms with E-state index in [1.807, 2.05) is 6.07 Å². The SMILES string of the molecule is CC(=O)OC[C@H]1O[C@H](Sc2cc(Cl)cnc2C#N)[C@H](OC(C)=O)[C@@H](n2cc(-c3csc(=O)[nH]3)nn2)[C@H]1OC(C)=O. The Balaban J connectivity index is 1.83. The van der Waals surface area contributed by atoms with Gasteiger partial charge in [0.2, 0.25) is 0 Å². The first-order valence-electron chi connectivity index (χ1n) is 11.5. The van der Waals surface area contributed by atoms with Gasteiger partial charge in [0, 0.05) is 37.2 Å². The molecule has 3 aromatic heterocycles. The molecule has 1 aliphatic rings. The lowest BCUT2D eigenvalue weighted by atomic mass is 9.96. The molecule has 1 fully saturated rings. The normalized spacial score (nSPS) is 22.2. The predicted octanol–water partition coefficient (Wildman–Crippen LogP) is 2.10. The number of aromatic nitrogens is 5. The Kier molecular flexibility index (Phi) is 9.20. The number of carbonyl (C=O) groups excluding carboxylic acids is 3. The van der Waals surface area contributed by atoms with E-state index in [1.54, 1.807) is 5.38 Å². The molecule has 0 saturated carbocycles. The number of halogens is 1. The number of rotatable bonds is 8. The molecule has 1 aliphatic heterocycles. The zero-order chi connectivity index (χ0) is 29.0. The molecule has 0 radical (unpaired) electrons. The van der Waals surface area contributed by atoms with E-state index in [0.29, 0.717) is 16.3 Å². The molecule has 0 amide bonds. The molecule has 1 N–H and O–H groups in total. The van der Waals surface area contributed by atoms with Gasteiger partial charge in [-0.1, -0.05) is 39.9 Å². The van der Waals surface area contributed by atoms with Crippen LogP contribution in [0.4, 0.5) is 0 Å². The number of nitriles is 1. The number of hydrogen-bond donors (Lipinski definition) is 1. The third-order valence-corrected chi connectivity index (χ3v) is 7.51. The highest BCUT2D eigenvalue weighted by atomic mass is 35.5. The summed E-state index contributed by atoms with van der Waals surface area (Å²) in [5.41, 5.74) is -0.326. The van der Waals surface area contributed by atoms with Crippen molar-refractivity contribution in [2.75, 3.05) is 6.61 Å². The Morgan fingerprint density at radius 3 is 2.58 bits per heavy atom. The van der Waals surface area contributed by atoms with Crippen LogP contribution in [0.1, 0.15) is 32.5 Å². The Morgan fingerprint density at radius 2 is 1.95 bits per heavy atom. The van der Waals surface area contributed by atoms with Crippen LogP contribution in [-0.2, 0) is 33.3 Å². The van der Waals surface area contributed by atoms with Gasteiger partial charge in [-0.2, -0.15) is 5.26 Å². The van der Waals surface area contributed by atoms with Gasteiger partial charge in [-0.3, -0.25) is 19.2 Å². The molecule has 4 heterocycles. The summed E-state index contributed by atoms with van der Waals surface area (Å²) in [6, 6.07) is 2.42. The van der Waals surface area contributed by atoms with Gasteiger partial charge in [0.15, 0.2) is 17.9 Å². The number of H-pyrrole nitrogens is 1. The van der Waals surface area contributed by atoms with Crippen LogP contribution in [0, 0.1) is 11.3 Å². The van der Waals surface area contributed by atoms with E-state index in [-0.39, 0.29) is 22.2 Å². The van der Waals surface area contributed by atoms with Gasteiger partial charge in [0.05, 0.1) is 16.9 Å². The number of hydrogen-bond acceptors (Lipinski definition) is 14. The standard InChI is InChI=1S/C23H21ClN6O8S2/c1-10(31)35-8-17-20(36-11(2)32)19(30-7-15(28-29-30)16-9-39-23(34)27-16)21(37-12(3)33)22(38-17)40-18-4-13(24)6-26-14(18)5-25/h4,6-7,9,17,19-22H,8H2,1-3H3,(H,27,34)/t17-,19+,20+,21-,22-/m1/s1. The maximum atomic E-state index is 12.3. The highest BCUT2D eigenvalue weighted by Gasteiger charge is 2.52. The van der Waals surface area contributed by atoms with Crippen LogP contribution in [0.2, 0.25) is 5.02 Å². The van der Waals surface area contributed by atoms with E-state index in [4.69, 9.17) is 30.5 Å². The molecule has 3 aromatic rings. The largest absolute Gasteiger partial charge is 0.463 e. The highest BCUT2D eigenvalue weighted by Crippen LogP contribution is 2.42. The van der Waals surface area contributed by atoms with Crippen LogP contribution in [0.5, 0.6) is 0 Å². The van der Waals surface area contributed by atoms with E-state index < -0.39 is 47.7 Å². The van der Waals surface area contributed by atoms with Crippen LogP contribution in [0.25, 0.3) is 11.4 Å². The van der Waals surface area contributed by atoms with Crippen LogP contribution >= 0.6 is 34.7 Å². The minimum atomic E-state index is -1.18. The average molecular weight is 609 g/mol. The molecule has 0 spiro atoms. The van der Waals surface area contributed by atoms with Crippen molar-refractivity contribution in [2.24, 2.45) is 0 Å². The highest BCUT2D eigenvalue weighted by molar-refractivity contribution is 7.99. The summed E-state index contributed by atoms with van der Waals surface area (Å²) in [7, 11) is 0. The monoisotopic (exact) mass is 608 g/mol. The lowest BCUT2D eigenvalue weighted by Crippen LogP contribution is -2.57. The minimum Gasteiger partial charge on any atom is -0.463 e. The molecule has 0 bridgehead atoms. The molecule has 0 aliphatic carbocycles. The topological polar surface area (TPSA) is 188 Å². The molecule has 17 heteroatoms. The van der Waals surface area contributed by atoms with Gasteiger partial charge >= 0.3 is 22.8 Å². The van der Waals surface area contributed by atoms with Crippen molar-refractivity contribution in [1.82, 2.24) is 25.0 Å². The number of esters is 3. The second-order valence-electron chi connectivity index (χ2n) is 8.36. The van der Waals surface area contributed by atoms with Gasteiger partial charge in [0.25, 0.3) is 0 Å². The van der Waals surface area contributed by atoms with E-state index in [9.17, 15) is 24.4 Å². The van der Waals surface area contributed by atoms with Crippen molar-refractivity contribution in [3.8, 4) is 17.5 Å². The van der Waals surface area contributed by atoms with E-state index >= 15 is 0 Å². The number of thiazole rings is 1. The Hall–Kier alpha value is -3.78. The molecule has 0 aromatic carbocycles. The molecule has 1 saturated heterocycles. The molecular weight excluding hydrogens is 588 g/mol. The zero-order valence-electron chi connectivity index (χ0n) is 21.1. The fourth-order valence-corrected chi connectivity index (χ4v) is 5.95. The van der Waals surface area contributed by atoms with E-state index in [2.05, 4.69) is 20.3 Å². The lowest BCUT2D eigenvalue weighted by molar-refractivity contribution is -0.212. The molecular formula is C23H21ClN6O8S2. The molecule has 210 valence electrons. The van der Waals surface area contributed by atoms with Gasteiger partial charge in [-0.25, -0.2) is 9.67 Å². The maximum absolute atomic E-state index is 12.3. The number of ether oxygens (including phenoxy) is 4. The summed E-state index contributed by atoms with van der Waals surface area (Å²) in [6.07, 6.45) is -0.630. The van der Waals surface area contributed by atoms with Gasteiger partial charge in [-0.15, -0.1) is 5.10 Å². The predicted molar refractivity (Wildman–Crippen MR) is 139 cm³/mol. The minimum absolute atomic E-state index is 0.0409. The van der Waals surface area contributed by atoms with Crippen molar-refractivity contribution in [2.45, 2.75) is 55.5 Å². The quantitative estimate of drug-likeness (QED) is 0.289. The number of aromatic amines is 1. The molecule has 0 unspecified atom stereocenters. The first kappa shape index (κ1) is 29.2. The fourth-order valence-electron chi connectivity index (χ4n) is 3.95. The van der Waals surface area contributed by atoms with Gasteiger partial charge in [0.1, 0.15) is 36.0 Å². The lowest BCUT2D eigenvalue weighted by Gasteiger charge is -2.44. The zero-order valence-corrected chi connectivity index (χ0v) is 23.5. The third-order valence-electron chi connectivity index (χ3n) is 5.45. The van der Waals surface area contributed by atoms with Gasteiger partial charge in [-0.05, 0) is 6.07 Å². The molecule has 5 atom stereocenters. The summed E-state index contributed by atoms with van der Waals surface area (Å²) >= 11 is 8.04. The van der Waals surface area contributed by atoms with E-state index in [0.717, 1.165) is 23.1 Å². The Bertz CT molecular complexity index is 1520. The number of pyridine rings is 1. The van der Waals surface area contributed by atoms with Crippen molar-refractivity contribution >= 4 is 52.6 Å². The second-order valence-corrected chi connectivity index (χ2v) is 10.8. The van der Waals surface area contributed by atoms with Crippen LogP contribution in [-0.4, -0.2) is 73.2 Å². The van der Waals surface area contributed by atoms with Crippen molar-refractivity contribution in [1.29, 1.82) is 5.26 Å². The summed E-state index contributed by atoms with van der Waals surface area (Å²) in [4.78, 5) is 54.5. The second kappa shape index (κ2) is 12.6. The van der Waals surface area contributed by atoms with Crippen molar-refractivity contribution in [3.05, 3.63) is 44.2 Å². The molecule has 4 rings (SSSR count). The summed E-state index contributed by atoms with van der Waals surface area (Å²) in [6.45, 7) is 3.25. The summed E-state index contributed by atoms with van der Waals surface area (Å²) < 4.78 is 24.0. The summed E-state index contributed by atoms with van der Waals surface area (Å²) in [5, 5.41) is 19.7. The Labute approximate surface area is 239 Å². The first-order valence-corrected chi connectivity index (χ1v) is 13.6. The van der Waals surface area contributed by atoms with Crippen LogP contribution in [0.15, 0.2) is 33.5 Å². The third kappa shape index (κ3) is 6.86. The van der Waals surface area contributed by atoms with Crippen LogP contribution < -0.4 is 4.87 Å². The number of nitrogens with one attached hydrogen (secondary N) is 1. The number of nitrogens with zero attached hydrogens (tertiary/aromatic N) is 5.